The summed E-state index contributed by atoms with van der Waals surface area (Å²) in [7, 11) is -0.787. The monoisotopic (exact) mass is 389 g/mol. The minimum absolute atomic E-state index is 0.112. The van der Waals surface area contributed by atoms with Gasteiger partial charge in [-0.1, -0.05) is 6.08 Å². The lowest BCUT2D eigenvalue weighted by Gasteiger charge is -2.20. The number of carboxylic acid groups (broad SMARTS) is 1. The average Bonchev–Trinajstić information content (AvgIpc) is 3.05. The van der Waals surface area contributed by atoms with Crippen molar-refractivity contribution < 1.29 is 27.8 Å². The average molecular weight is 389 g/mol. The molecule has 0 fully saturated rings. The van der Waals surface area contributed by atoms with Gasteiger partial charge in [-0.05, 0) is 48.0 Å². The normalized spacial score (nSPS) is 16.4. The van der Waals surface area contributed by atoms with E-state index in [-0.39, 0.29) is 17.4 Å². The van der Waals surface area contributed by atoms with Crippen LogP contribution in [0.2, 0.25) is 0 Å². The van der Waals surface area contributed by atoms with Gasteiger partial charge in [-0.2, -0.15) is 0 Å². The zero-order chi connectivity index (χ0) is 19.6. The molecule has 3 rings (SSSR count). The third-order valence-electron chi connectivity index (χ3n) is 4.38. The van der Waals surface area contributed by atoms with Crippen LogP contribution in [0.5, 0.6) is 11.5 Å². The molecule has 0 aromatic heterocycles. The minimum Gasteiger partial charge on any atom is -0.497 e. The summed E-state index contributed by atoms with van der Waals surface area (Å²) in [6.45, 7) is 0.112. The molecule has 1 atom stereocenters. The molecule has 0 saturated carbocycles. The number of benzene rings is 2. The topological polar surface area (TPSA) is 93.1 Å². The van der Waals surface area contributed by atoms with Gasteiger partial charge in [0.25, 0.3) is 10.0 Å². The Balaban J connectivity index is 2.04. The summed E-state index contributed by atoms with van der Waals surface area (Å²) in [6, 6.07) is 11.2. The van der Waals surface area contributed by atoms with Crippen molar-refractivity contribution in [2.75, 3.05) is 25.1 Å². The first-order chi connectivity index (χ1) is 12.9. The number of hydrogen-bond donors (Lipinski definition) is 1. The van der Waals surface area contributed by atoms with E-state index in [1.165, 1.54) is 36.7 Å². The van der Waals surface area contributed by atoms with Crippen molar-refractivity contribution >= 4 is 21.7 Å². The standard InChI is InChI=1S/C19H19NO6S/c1-25-14-4-7-16(8-5-14)27(23,24)20-12-13(3-10-19(21)22)17-11-15(26-2)6-9-18(17)20/h3-11,13H,12H2,1-2H3,(H,21,22)/b10-3-. The Bertz CT molecular complexity index is 982. The van der Waals surface area contributed by atoms with E-state index in [1.54, 1.807) is 30.3 Å². The molecular formula is C19H19NO6S. The van der Waals surface area contributed by atoms with Gasteiger partial charge in [-0.3, -0.25) is 4.31 Å². The summed E-state index contributed by atoms with van der Waals surface area (Å²) in [4.78, 5) is 11.0. The number of nitrogens with zero attached hydrogens (tertiary/aromatic N) is 1. The molecule has 8 heteroatoms. The highest BCUT2D eigenvalue weighted by Gasteiger charge is 2.36. The molecule has 2 aromatic carbocycles. The van der Waals surface area contributed by atoms with Crippen molar-refractivity contribution in [3.8, 4) is 11.5 Å². The first-order valence-electron chi connectivity index (χ1n) is 8.12. The van der Waals surface area contributed by atoms with Crippen molar-refractivity contribution in [3.05, 3.63) is 60.2 Å². The lowest BCUT2D eigenvalue weighted by Crippen LogP contribution is -2.29. The maximum absolute atomic E-state index is 13.1. The predicted molar refractivity (Wildman–Crippen MR) is 100 cm³/mol. The van der Waals surface area contributed by atoms with E-state index >= 15 is 0 Å². The molecule has 27 heavy (non-hydrogen) atoms. The Morgan fingerprint density at radius 3 is 2.33 bits per heavy atom. The maximum Gasteiger partial charge on any atom is 0.327 e. The van der Waals surface area contributed by atoms with Gasteiger partial charge in [0.2, 0.25) is 0 Å². The van der Waals surface area contributed by atoms with Crippen LogP contribution in [0.1, 0.15) is 11.5 Å². The highest BCUT2D eigenvalue weighted by molar-refractivity contribution is 7.92. The number of anilines is 1. The summed E-state index contributed by atoms with van der Waals surface area (Å²) in [5, 5.41) is 8.92. The second-order valence-corrected chi connectivity index (χ2v) is 7.80. The van der Waals surface area contributed by atoms with Crippen LogP contribution in [0.4, 0.5) is 5.69 Å². The smallest absolute Gasteiger partial charge is 0.327 e. The molecule has 2 aromatic rings. The molecule has 0 amide bonds. The molecule has 142 valence electrons. The number of rotatable bonds is 6. The molecule has 7 nitrogen and oxygen atoms in total. The van der Waals surface area contributed by atoms with Crippen molar-refractivity contribution in [2.24, 2.45) is 0 Å². The first-order valence-corrected chi connectivity index (χ1v) is 9.56. The third-order valence-corrected chi connectivity index (χ3v) is 6.18. The molecule has 1 aliphatic rings. The van der Waals surface area contributed by atoms with E-state index in [0.29, 0.717) is 22.7 Å². The molecule has 1 N–H and O–H groups in total. The molecule has 1 unspecified atom stereocenters. The predicted octanol–water partition coefficient (Wildman–Crippen LogP) is 2.64. The van der Waals surface area contributed by atoms with E-state index in [9.17, 15) is 13.2 Å². The zero-order valence-electron chi connectivity index (χ0n) is 14.8. The minimum atomic E-state index is -3.81. The Kier molecular flexibility index (Phi) is 5.09. The number of carboxylic acids is 1. The summed E-state index contributed by atoms with van der Waals surface area (Å²) in [5.41, 5.74) is 1.20. The van der Waals surface area contributed by atoms with Gasteiger partial charge in [-0.15, -0.1) is 0 Å². The number of sulfonamides is 1. The first kappa shape index (κ1) is 18.8. The highest BCUT2D eigenvalue weighted by Crippen LogP contribution is 2.42. The second kappa shape index (κ2) is 7.32. The van der Waals surface area contributed by atoms with Gasteiger partial charge in [-0.25, -0.2) is 13.2 Å². The molecule has 1 aliphatic heterocycles. The Labute approximate surface area is 157 Å². The molecule has 1 heterocycles. The van der Waals surface area contributed by atoms with Crippen molar-refractivity contribution in [2.45, 2.75) is 10.8 Å². The van der Waals surface area contributed by atoms with Crippen molar-refractivity contribution in [1.29, 1.82) is 0 Å². The van der Waals surface area contributed by atoms with Crippen LogP contribution < -0.4 is 13.8 Å². The Hall–Kier alpha value is -3.00. The fourth-order valence-electron chi connectivity index (χ4n) is 3.02. The van der Waals surface area contributed by atoms with E-state index in [0.717, 1.165) is 6.08 Å². The molecule has 0 bridgehead atoms. The summed E-state index contributed by atoms with van der Waals surface area (Å²) < 4.78 is 37.9. The lowest BCUT2D eigenvalue weighted by atomic mass is 10.0. The number of ether oxygens (including phenoxy) is 2. The van der Waals surface area contributed by atoms with Crippen LogP contribution in [0, 0.1) is 0 Å². The summed E-state index contributed by atoms with van der Waals surface area (Å²) in [6.07, 6.45) is 2.52. The SMILES string of the molecule is COc1ccc(S(=O)(=O)N2CC(/C=C\C(=O)O)c3cc(OC)ccc32)cc1. The van der Waals surface area contributed by atoms with Crippen LogP contribution in [0.15, 0.2) is 59.5 Å². The lowest BCUT2D eigenvalue weighted by molar-refractivity contribution is -0.131. The summed E-state index contributed by atoms with van der Waals surface area (Å²) >= 11 is 0. The van der Waals surface area contributed by atoms with Gasteiger partial charge < -0.3 is 14.6 Å². The van der Waals surface area contributed by atoms with E-state index in [1.807, 2.05) is 0 Å². The van der Waals surface area contributed by atoms with E-state index in [4.69, 9.17) is 14.6 Å². The van der Waals surface area contributed by atoms with Crippen LogP contribution in [0.3, 0.4) is 0 Å². The van der Waals surface area contributed by atoms with Crippen LogP contribution in [0.25, 0.3) is 0 Å². The highest BCUT2D eigenvalue weighted by atomic mass is 32.2. The fourth-order valence-corrected chi connectivity index (χ4v) is 4.54. The van der Waals surface area contributed by atoms with Crippen LogP contribution >= 0.6 is 0 Å². The molecule has 0 saturated heterocycles. The molecule has 0 aliphatic carbocycles. The van der Waals surface area contributed by atoms with Gasteiger partial charge in [0, 0.05) is 18.5 Å². The van der Waals surface area contributed by atoms with E-state index in [2.05, 4.69) is 0 Å². The number of carbonyl (C=O) groups is 1. The van der Waals surface area contributed by atoms with E-state index < -0.39 is 16.0 Å². The molecule has 0 spiro atoms. The zero-order valence-corrected chi connectivity index (χ0v) is 15.6. The van der Waals surface area contributed by atoms with Crippen molar-refractivity contribution in [1.82, 2.24) is 0 Å². The Morgan fingerprint density at radius 2 is 1.74 bits per heavy atom. The molecular weight excluding hydrogens is 370 g/mol. The van der Waals surface area contributed by atoms with Gasteiger partial charge in [0.15, 0.2) is 0 Å². The number of methoxy groups -OCH3 is 2. The number of aliphatic carboxylic acids is 1. The second-order valence-electron chi connectivity index (χ2n) is 5.94. The van der Waals surface area contributed by atoms with Crippen molar-refractivity contribution in [3.63, 3.8) is 0 Å². The quantitative estimate of drug-likeness (QED) is 0.764. The molecule has 0 radical (unpaired) electrons. The number of fused-ring (bicyclic) bond motifs is 1. The van der Waals surface area contributed by atoms with Gasteiger partial charge >= 0.3 is 5.97 Å². The maximum atomic E-state index is 13.1. The third kappa shape index (κ3) is 3.61. The summed E-state index contributed by atoms with van der Waals surface area (Å²) in [5.74, 6) is -0.343. The van der Waals surface area contributed by atoms with Crippen LogP contribution in [-0.4, -0.2) is 40.3 Å². The Morgan fingerprint density at radius 1 is 1.11 bits per heavy atom. The largest absolute Gasteiger partial charge is 0.497 e. The number of hydrogen-bond acceptors (Lipinski definition) is 5. The van der Waals surface area contributed by atoms with Gasteiger partial charge in [0.05, 0.1) is 24.8 Å². The van der Waals surface area contributed by atoms with Gasteiger partial charge in [0.1, 0.15) is 11.5 Å². The fraction of sp³-hybridized carbons (Fsp3) is 0.211. The van der Waals surface area contributed by atoms with Crippen LogP contribution in [-0.2, 0) is 14.8 Å².